The maximum absolute atomic E-state index is 5.37. The molecule has 0 heterocycles. The van der Waals surface area contributed by atoms with Crippen molar-refractivity contribution < 1.29 is 14.2 Å². The SMILES string of the molecule is COCOc1ccc2ccc(OC)cc2c1. The van der Waals surface area contributed by atoms with E-state index in [9.17, 15) is 0 Å². The lowest BCUT2D eigenvalue weighted by atomic mass is 10.1. The lowest BCUT2D eigenvalue weighted by molar-refractivity contribution is 0.0512. The quantitative estimate of drug-likeness (QED) is 0.738. The normalized spacial score (nSPS) is 10.4. The van der Waals surface area contributed by atoms with E-state index < -0.39 is 0 Å². The van der Waals surface area contributed by atoms with Crippen LogP contribution < -0.4 is 9.47 Å². The number of methoxy groups -OCH3 is 2. The van der Waals surface area contributed by atoms with E-state index in [4.69, 9.17) is 14.2 Å². The number of hydrogen-bond donors (Lipinski definition) is 0. The van der Waals surface area contributed by atoms with Crippen molar-refractivity contribution in [2.75, 3.05) is 21.0 Å². The summed E-state index contributed by atoms with van der Waals surface area (Å²) in [4.78, 5) is 0. The highest BCUT2D eigenvalue weighted by Crippen LogP contribution is 2.24. The van der Waals surface area contributed by atoms with Crippen molar-refractivity contribution in [2.45, 2.75) is 0 Å². The summed E-state index contributed by atoms with van der Waals surface area (Å²) in [5.41, 5.74) is 0. The largest absolute Gasteiger partial charge is 0.497 e. The Morgan fingerprint density at radius 3 is 2.25 bits per heavy atom. The third-order valence-corrected chi connectivity index (χ3v) is 2.36. The second-order valence-electron chi connectivity index (χ2n) is 3.43. The van der Waals surface area contributed by atoms with E-state index in [0.717, 1.165) is 22.3 Å². The molecule has 0 aliphatic heterocycles. The molecule has 0 amide bonds. The molecule has 0 saturated carbocycles. The fraction of sp³-hybridized carbons (Fsp3) is 0.231. The van der Waals surface area contributed by atoms with Crippen molar-refractivity contribution in [3.05, 3.63) is 36.4 Å². The lowest BCUT2D eigenvalue weighted by Gasteiger charge is -2.07. The molecule has 0 aromatic heterocycles. The van der Waals surface area contributed by atoms with E-state index in [1.807, 2.05) is 36.4 Å². The predicted molar refractivity (Wildman–Crippen MR) is 63.0 cm³/mol. The molecule has 0 bridgehead atoms. The molecule has 0 unspecified atom stereocenters. The molecule has 2 rings (SSSR count). The molecular weight excluding hydrogens is 204 g/mol. The Morgan fingerprint density at radius 2 is 1.56 bits per heavy atom. The first-order valence-electron chi connectivity index (χ1n) is 5.03. The average Bonchev–Trinajstić information content (AvgIpc) is 2.35. The summed E-state index contributed by atoms with van der Waals surface area (Å²) in [7, 11) is 3.26. The highest BCUT2D eigenvalue weighted by atomic mass is 16.7. The molecule has 2 aromatic carbocycles. The van der Waals surface area contributed by atoms with Crippen molar-refractivity contribution in [3.8, 4) is 11.5 Å². The van der Waals surface area contributed by atoms with Gasteiger partial charge in [-0.25, -0.2) is 0 Å². The van der Waals surface area contributed by atoms with Crippen LogP contribution in [0.1, 0.15) is 0 Å². The van der Waals surface area contributed by atoms with Crippen LogP contribution in [0.3, 0.4) is 0 Å². The molecule has 2 aromatic rings. The topological polar surface area (TPSA) is 27.7 Å². The third-order valence-electron chi connectivity index (χ3n) is 2.36. The predicted octanol–water partition coefficient (Wildman–Crippen LogP) is 2.83. The molecule has 0 atom stereocenters. The van der Waals surface area contributed by atoms with Crippen LogP contribution in [-0.2, 0) is 4.74 Å². The van der Waals surface area contributed by atoms with Crippen molar-refractivity contribution in [1.82, 2.24) is 0 Å². The number of rotatable bonds is 4. The summed E-state index contributed by atoms with van der Waals surface area (Å²) in [6.07, 6.45) is 0. The minimum absolute atomic E-state index is 0.259. The summed E-state index contributed by atoms with van der Waals surface area (Å²) in [5, 5.41) is 2.25. The van der Waals surface area contributed by atoms with Gasteiger partial charge in [-0.3, -0.25) is 0 Å². The number of hydrogen-bond acceptors (Lipinski definition) is 3. The van der Waals surface area contributed by atoms with E-state index in [1.165, 1.54) is 0 Å². The zero-order chi connectivity index (χ0) is 11.4. The van der Waals surface area contributed by atoms with Gasteiger partial charge in [-0.2, -0.15) is 0 Å². The van der Waals surface area contributed by atoms with Crippen LogP contribution in [0.5, 0.6) is 11.5 Å². The molecule has 0 radical (unpaired) electrons. The molecule has 0 aliphatic carbocycles. The lowest BCUT2D eigenvalue weighted by Crippen LogP contribution is -1.98. The van der Waals surface area contributed by atoms with Gasteiger partial charge in [0.15, 0.2) is 6.79 Å². The minimum Gasteiger partial charge on any atom is -0.497 e. The van der Waals surface area contributed by atoms with Gasteiger partial charge in [0.05, 0.1) is 7.11 Å². The van der Waals surface area contributed by atoms with E-state index >= 15 is 0 Å². The third kappa shape index (κ3) is 2.25. The molecule has 0 aliphatic rings. The number of fused-ring (bicyclic) bond motifs is 1. The van der Waals surface area contributed by atoms with Gasteiger partial charge >= 0.3 is 0 Å². The van der Waals surface area contributed by atoms with Gasteiger partial charge in [-0.1, -0.05) is 12.1 Å². The van der Waals surface area contributed by atoms with Crippen molar-refractivity contribution >= 4 is 10.8 Å². The summed E-state index contributed by atoms with van der Waals surface area (Å²) in [5.74, 6) is 1.64. The molecular formula is C13H14O3. The van der Waals surface area contributed by atoms with Gasteiger partial charge in [0.2, 0.25) is 0 Å². The Bertz CT molecular complexity index is 480. The van der Waals surface area contributed by atoms with E-state index in [1.54, 1.807) is 14.2 Å². The van der Waals surface area contributed by atoms with Crippen LogP contribution in [0.2, 0.25) is 0 Å². The van der Waals surface area contributed by atoms with Crippen LogP contribution >= 0.6 is 0 Å². The Labute approximate surface area is 94.5 Å². The van der Waals surface area contributed by atoms with Crippen molar-refractivity contribution in [1.29, 1.82) is 0 Å². The maximum Gasteiger partial charge on any atom is 0.188 e. The molecule has 16 heavy (non-hydrogen) atoms. The Kier molecular flexibility index (Phi) is 3.27. The van der Waals surface area contributed by atoms with Gasteiger partial charge in [0, 0.05) is 7.11 Å². The number of benzene rings is 2. The van der Waals surface area contributed by atoms with Crippen LogP contribution in [0, 0.1) is 0 Å². The minimum atomic E-state index is 0.259. The Balaban J connectivity index is 2.35. The van der Waals surface area contributed by atoms with Crippen molar-refractivity contribution in [3.63, 3.8) is 0 Å². The van der Waals surface area contributed by atoms with E-state index in [2.05, 4.69) is 0 Å². The van der Waals surface area contributed by atoms with Crippen LogP contribution in [0.25, 0.3) is 10.8 Å². The van der Waals surface area contributed by atoms with Gasteiger partial charge in [-0.05, 0) is 35.0 Å². The van der Waals surface area contributed by atoms with Crippen LogP contribution in [-0.4, -0.2) is 21.0 Å². The standard InChI is InChI=1S/C13H14O3/c1-14-9-16-13-6-4-10-3-5-12(15-2)7-11(10)8-13/h3-8H,9H2,1-2H3. The van der Waals surface area contributed by atoms with E-state index in [-0.39, 0.29) is 6.79 Å². The highest BCUT2D eigenvalue weighted by Gasteiger charge is 1.99. The summed E-state index contributed by atoms with van der Waals surface area (Å²) in [6.45, 7) is 0.259. The highest BCUT2D eigenvalue weighted by molar-refractivity contribution is 5.85. The van der Waals surface area contributed by atoms with Gasteiger partial charge in [0.1, 0.15) is 11.5 Å². The first-order valence-corrected chi connectivity index (χ1v) is 5.03. The average molecular weight is 218 g/mol. The molecule has 0 spiro atoms. The Hall–Kier alpha value is -1.74. The summed E-state index contributed by atoms with van der Waals surface area (Å²) in [6, 6.07) is 11.9. The van der Waals surface area contributed by atoms with Gasteiger partial charge in [0.25, 0.3) is 0 Å². The Morgan fingerprint density at radius 1 is 0.875 bits per heavy atom. The summed E-state index contributed by atoms with van der Waals surface area (Å²) >= 11 is 0. The van der Waals surface area contributed by atoms with Gasteiger partial charge in [-0.15, -0.1) is 0 Å². The molecule has 0 N–H and O–H groups in total. The molecule has 3 nitrogen and oxygen atoms in total. The molecule has 0 saturated heterocycles. The smallest absolute Gasteiger partial charge is 0.188 e. The van der Waals surface area contributed by atoms with E-state index in [0.29, 0.717) is 0 Å². The fourth-order valence-electron chi connectivity index (χ4n) is 1.55. The molecule has 0 fully saturated rings. The van der Waals surface area contributed by atoms with Gasteiger partial charge < -0.3 is 14.2 Å². The first-order chi connectivity index (χ1) is 7.83. The maximum atomic E-state index is 5.37. The van der Waals surface area contributed by atoms with Crippen LogP contribution in [0.15, 0.2) is 36.4 Å². The summed E-state index contributed by atoms with van der Waals surface area (Å²) < 4.78 is 15.4. The van der Waals surface area contributed by atoms with Crippen molar-refractivity contribution in [2.24, 2.45) is 0 Å². The molecule has 3 heteroatoms. The zero-order valence-electron chi connectivity index (χ0n) is 9.40. The second-order valence-corrected chi connectivity index (χ2v) is 3.43. The zero-order valence-corrected chi connectivity index (χ0v) is 9.40. The number of ether oxygens (including phenoxy) is 3. The van der Waals surface area contributed by atoms with Crippen LogP contribution in [0.4, 0.5) is 0 Å². The fourth-order valence-corrected chi connectivity index (χ4v) is 1.55. The molecule has 84 valence electrons. The monoisotopic (exact) mass is 218 g/mol. The second kappa shape index (κ2) is 4.86. The first kappa shape index (κ1) is 10.8.